The first-order valence-electron chi connectivity index (χ1n) is 7.07. The van der Waals surface area contributed by atoms with Crippen molar-refractivity contribution < 1.29 is 18.8 Å². The van der Waals surface area contributed by atoms with Gasteiger partial charge in [-0.05, 0) is 50.9 Å². The first-order valence-corrected chi connectivity index (χ1v) is 7.07. The van der Waals surface area contributed by atoms with Crippen LogP contribution in [0.25, 0.3) is 6.08 Å². The fraction of sp³-hybridized carbons (Fsp3) is 0.438. The average molecular weight is 303 g/mol. The van der Waals surface area contributed by atoms with E-state index in [1.165, 1.54) is 18.2 Å². The van der Waals surface area contributed by atoms with E-state index < -0.39 is 24.1 Å². The molecule has 0 radical (unpaired) electrons. The van der Waals surface area contributed by atoms with Gasteiger partial charge in [0.05, 0.1) is 23.4 Å². The van der Waals surface area contributed by atoms with E-state index in [1.54, 1.807) is 12.1 Å². The Hall–Kier alpha value is -1.68. The van der Waals surface area contributed by atoms with Crippen LogP contribution in [-0.4, -0.2) is 30.0 Å². The molecule has 22 heavy (non-hydrogen) atoms. The molecule has 6 heteroatoms. The van der Waals surface area contributed by atoms with Crippen molar-refractivity contribution in [2.45, 2.75) is 38.9 Å². The molecule has 2 rings (SSSR count). The number of benzene rings is 1. The molecule has 1 fully saturated rings. The molecule has 0 bridgehead atoms. The van der Waals surface area contributed by atoms with E-state index in [9.17, 15) is 9.50 Å². The van der Waals surface area contributed by atoms with E-state index in [-0.39, 0.29) is 12.2 Å². The van der Waals surface area contributed by atoms with E-state index in [0.29, 0.717) is 11.0 Å². The molecule has 0 saturated carbocycles. The number of hydrogen-bond acceptors (Lipinski definition) is 4. The van der Waals surface area contributed by atoms with Gasteiger partial charge in [0, 0.05) is 0 Å². The summed E-state index contributed by atoms with van der Waals surface area (Å²) >= 11 is 0. The van der Waals surface area contributed by atoms with Crippen molar-refractivity contribution in [2.75, 3.05) is 6.61 Å². The summed E-state index contributed by atoms with van der Waals surface area (Å²) in [5.41, 5.74) is 0.0739. The minimum absolute atomic E-state index is 0.0417. The molecule has 0 unspecified atom stereocenters. The molecule has 1 N–H and O–H groups in total. The Balaban J connectivity index is 2.32. The molecule has 0 spiro atoms. The minimum Gasteiger partial charge on any atom is -0.400 e. The Bertz CT molecular complexity index is 633. The van der Waals surface area contributed by atoms with Crippen LogP contribution in [-0.2, 0) is 9.31 Å². The maximum absolute atomic E-state index is 13.4. The summed E-state index contributed by atoms with van der Waals surface area (Å²) in [7, 11) is -0.675. The van der Waals surface area contributed by atoms with E-state index in [2.05, 4.69) is 0 Å². The molecule has 1 aromatic carbocycles. The standard InChI is InChI=1S/C16H19BFNO3/c1-15(2)16(3,4)22-17(21-15)13(10-20)8-11-5-6-14(18)12(7-11)9-19/h5-8,20H,10H2,1-4H3. The molecule has 1 saturated heterocycles. The molecule has 116 valence electrons. The highest BCUT2D eigenvalue weighted by Gasteiger charge is 2.52. The van der Waals surface area contributed by atoms with E-state index in [0.717, 1.165) is 0 Å². The van der Waals surface area contributed by atoms with Gasteiger partial charge in [-0.3, -0.25) is 0 Å². The molecule has 0 amide bonds. The fourth-order valence-corrected chi connectivity index (χ4v) is 2.12. The third kappa shape index (κ3) is 3.07. The number of nitrogens with zero attached hydrogens (tertiary/aromatic N) is 1. The van der Waals surface area contributed by atoms with Crippen molar-refractivity contribution in [1.29, 1.82) is 5.26 Å². The second-order valence-corrected chi connectivity index (χ2v) is 6.32. The van der Waals surface area contributed by atoms with Gasteiger partial charge in [0.15, 0.2) is 0 Å². The van der Waals surface area contributed by atoms with Gasteiger partial charge in [-0.15, -0.1) is 0 Å². The van der Waals surface area contributed by atoms with Crippen molar-refractivity contribution in [3.05, 3.63) is 40.6 Å². The molecular weight excluding hydrogens is 284 g/mol. The summed E-state index contributed by atoms with van der Waals surface area (Å²) in [6, 6.07) is 5.98. The Labute approximate surface area is 130 Å². The highest BCUT2D eigenvalue weighted by molar-refractivity contribution is 6.55. The summed E-state index contributed by atoms with van der Waals surface area (Å²) in [6.45, 7) is 7.44. The van der Waals surface area contributed by atoms with Gasteiger partial charge in [-0.1, -0.05) is 12.1 Å². The molecule has 0 aliphatic carbocycles. The largest absolute Gasteiger partial charge is 0.492 e. The van der Waals surface area contributed by atoms with Crippen molar-refractivity contribution in [2.24, 2.45) is 0 Å². The summed E-state index contributed by atoms with van der Waals surface area (Å²) in [6.07, 6.45) is 1.66. The number of halogens is 1. The second-order valence-electron chi connectivity index (χ2n) is 6.32. The Morgan fingerprint density at radius 1 is 1.32 bits per heavy atom. The lowest BCUT2D eigenvalue weighted by molar-refractivity contribution is 0.00578. The first-order chi connectivity index (χ1) is 10.2. The summed E-state index contributed by atoms with van der Waals surface area (Å²) in [5.74, 6) is -0.569. The molecule has 1 aromatic rings. The fourth-order valence-electron chi connectivity index (χ4n) is 2.12. The van der Waals surface area contributed by atoms with Crippen LogP contribution in [0.15, 0.2) is 23.7 Å². The molecule has 1 heterocycles. The van der Waals surface area contributed by atoms with Crippen LogP contribution in [0.1, 0.15) is 38.8 Å². The van der Waals surface area contributed by atoms with Crippen molar-refractivity contribution in [1.82, 2.24) is 0 Å². The average Bonchev–Trinajstić information content (AvgIpc) is 2.66. The van der Waals surface area contributed by atoms with Gasteiger partial charge in [0.25, 0.3) is 0 Å². The maximum Gasteiger partial charge on any atom is 0.492 e. The van der Waals surface area contributed by atoms with Crippen molar-refractivity contribution in [3.8, 4) is 6.07 Å². The highest BCUT2D eigenvalue weighted by atomic mass is 19.1. The van der Waals surface area contributed by atoms with Gasteiger partial charge in [0.2, 0.25) is 0 Å². The van der Waals surface area contributed by atoms with Crippen LogP contribution in [0.2, 0.25) is 0 Å². The van der Waals surface area contributed by atoms with E-state index in [4.69, 9.17) is 14.6 Å². The third-order valence-corrected chi connectivity index (χ3v) is 4.20. The van der Waals surface area contributed by atoms with Gasteiger partial charge in [-0.25, -0.2) is 4.39 Å². The summed E-state index contributed by atoms with van der Waals surface area (Å²) in [5, 5.41) is 18.5. The predicted molar refractivity (Wildman–Crippen MR) is 82.3 cm³/mol. The van der Waals surface area contributed by atoms with Crippen molar-refractivity contribution in [3.63, 3.8) is 0 Å². The topological polar surface area (TPSA) is 62.5 Å². The lowest BCUT2D eigenvalue weighted by atomic mass is 9.77. The molecular formula is C16H19BFNO3. The molecule has 4 nitrogen and oxygen atoms in total. The van der Waals surface area contributed by atoms with Crippen LogP contribution in [0, 0.1) is 17.1 Å². The number of aliphatic hydroxyl groups is 1. The second kappa shape index (κ2) is 5.84. The zero-order valence-corrected chi connectivity index (χ0v) is 13.2. The van der Waals surface area contributed by atoms with Crippen LogP contribution < -0.4 is 0 Å². The number of hydrogen-bond donors (Lipinski definition) is 1. The molecule has 1 aliphatic rings. The normalized spacial score (nSPS) is 20.0. The number of aliphatic hydroxyl groups excluding tert-OH is 1. The quantitative estimate of drug-likeness (QED) is 0.872. The number of nitriles is 1. The first kappa shape index (κ1) is 16.7. The van der Waals surface area contributed by atoms with Gasteiger partial charge >= 0.3 is 7.12 Å². The SMILES string of the molecule is CC1(C)OB(C(=Cc2ccc(F)c(C#N)c2)CO)OC1(C)C. The number of rotatable bonds is 3. The van der Waals surface area contributed by atoms with Crippen LogP contribution in [0.5, 0.6) is 0 Å². The molecule has 0 atom stereocenters. The lowest BCUT2D eigenvalue weighted by Gasteiger charge is -2.32. The van der Waals surface area contributed by atoms with Crippen LogP contribution >= 0.6 is 0 Å². The van der Waals surface area contributed by atoms with Crippen molar-refractivity contribution >= 4 is 13.2 Å². The lowest BCUT2D eigenvalue weighted by Crippen LogP contribution is -2.41. The van der Waals surface area contributed by atoms with Gasteiger partial charge in [0.1, 0.15) is 11.9 Å². The highest BCUT2D eigenvalue weighted by Crippen LogP contribution is 2.38. The van der Waals surface area contributed by atoms with E-state index >= 15 is 0 Å². The van der Waals surface area contributed by atoms with Gasteiger partial charge < -0.3 is 14.4 Å². The zero-order chi connectivity index (χ0) is 16.5. The maximum atomic E-state index is 13.4. The Morgan fingerprint density at radius 3 is 2.41 bits per heavy atom. The zero-order valence-electron chi connectivity index (χ0n) is 13.2. The van der Waals surface area contributed by atoms with Gasteiger partial charge in [-0.2, -0.15) is 5.26 Å². The monoisotopic (exact) mass is 303 g/mol. The summed E-state index contributed by atoms with van der Waals surface area (Å²) < 4.78 is 25.1. The minimum atomic E-state index is -0.675. The summed E-state index contributed by atoms with van der Waals surface area (Å²) in [4.78, 5) is 0. The smallest absolute Gasteiger partial charge is 0.400 e. The van der Waals surface area contributed by atoms with E-state index in [1.807, 2.05) is 27.7 Å². The molecule has 0 aromatic heterocycles. The Kier molecular flexibility index (Phi) is 4.43. The van der Waals surface area contributed by atoms with Crippen LogP contribution in [0.3, 0.4) is 0 Å². The van der Waals surface area contributed by atoms with Crippen LogP contribution in [0.4, 0.5) is 4.39 Å². The third-order valence-electron chi connectivity index (χ3n) is 4.20. The predicted octanol–water partition coefficient (Wildman–Crippen LogP) is 2.70. The molecule has 1 aliphatic heterocycles. The Morgan fingerprint density at radius 2 is 1.91 bits per heavy atom.